The van der Waals surface area contributed by atoms with E-state index in [1.807, 2.05) is 6.07 Å². The lowest BCUT2D eigenvalue weighted by molar-refractivity contribution is -0.139. The number of amides is 1. The molecule has 2 aromatic carbocycles. The molecule has 152 valence electrons. The lowest BCUT2D eigenvalue weighted by Gasteiger charge is -2.34. The third-order valence-corrected chi connectivity index (χ3v) is 6.05. The van der Waals surface area contributed by atoms with Crippen molar-refractivity contribution in [1.82, 2.24) is 10.2 Å². The zero-order chi connectivity index (χ0) is 20.8. The van der Waals surface area contributed by atoms with Crippen molar-refractivity contribution < 1.29 is 18.0 Å². The van der Waals surface area contributed by atoms with Gasteiger partial charge in [-0.05, 0) is 42.0 Å². The zero-order valence-electron chi connectivity index (χ0n) is 15.6. The maximum absolute atomic E-state index is 13.3. The van der Waals surface area contributed by atoms with Gasteiger partial charge in [0, 0.05) is 24.4 Å². The molecule has 0 spiro atoms. The first-order chi connectivity index (χ1) is 13.8. The average molecular weight is 421 g/mol. The molecule has 0 bridgehead atoms. The summed E-state index contributed by atoms with van der Waals surface area (Å²) in [4.78, 5) is 14.8. The van der Waals surface area contributed by atoms with Crippen LogP contribution in [-0.4, -0.2) is 23.9 Å². The molecule has 2 aliphatic heterocycles. The van der Waals surface area contributed by atoms with Gasteiger partial charge in [-0.15, -0.1) is 0 Å². The number of piperidine rings is 1. The van der Waals surface area contributed by atoms with Crippen molar-refractivity contribution in [3.8, 4) is 0 Å². The van der Waals surface area contributed by atoms with Gasteiger partial charge in [-0.2, -0.15) is 13.2 Å². The number of alkyl halides is 3. The van der Waals surface area contributed by atoms with Gasteiger partial charge >= 0.3 is 6.18 Å². The SMILES string of the molecule is C=C1NC(C(=O)N2CCC(c3ccccc3C(F)(F)F)CC2)c2cccc(Cl)c21. The van der Waals surface area contributed by atoms with Crippen molar-refractivity contribution in [2.24, 2.45) is 0 Å². The second-order valence-corrected chi connectivity index (χ2v) is 7.85. The molecule has 1 fully saturated rings. The molecule has 2 aliphatic rings. The van der Waals surface area contributed by atoms with Crippen LogP contribution in [0.25, 0.3) is 5.70 Å². The Labute approximate surface area is 172 Å². The first-order valence-corrected chi connectivity index (χ1v) is 9.84. The van der Waals surface area contributed by atoms with Gasteiger partial charge in [0.15, 0.2) is 0 Å². The standard InChI is InChI=1S/C22H20ClF3N2O/c1-13-19-16(6-4-8-18(19)23)20(27-13)21(29)28-11-9-14(10-12-28)15-5-2-3-7-17(15)22(24,25)26/h2-8,14,20,27H,1,9-12H2. The van der Waals surface area contributed by atoms with E-state index in [1.54, 1.807) is 29.2 Å². The predicted octanol–water partition coefficient (Wildman–Crippen LogP) is 5.38. The number of hydrogen-bond acceptors (Lipinski definition) is 2. The molecule has 1 amide bonds. The van der Waals surface area contributed by atoms with Crippen LogP contribution in [0.2, 0.25) is 5.02 Å². The van der Waals surface area contributed by atoms with E-state index in [4.69, 9.17) is 11.6 Å². The van der Waals surface area contributed by atoms with Crippen LogP contribution in [-0.2, 0) is 11.0 Å². The van der Waals surface area contributed by atoms with Gasteiger partial charge in [0.1, 0.15) is 6.04 Å². The summed E-state index contributed by atoms with van der Waals surface area (Å²) in [6, 6.07) is 10.6. The molecular weight excluding hydrogens is 401 g/mol. The minimum atomic E-state index is -4.37. The summed E-state index contributed by atoms with van der Waals surface area (Å²) in [5, 5.41) is 3.65. The van der Waals surface area contributed by atoms with E-state index in [-0.39, 0.29) is 11.8 Å². The molecule has 0 aliphatic carbocycles. The van der Waals surface area contributed by atoms with Crippen molar-refractivity contribution >= 4 is 23.2 Å². The van der Waals surface area contributed by atoms with E-state index >= 15 is 0 Å². The minimum Gasteiger partial charge on any atom is -0.370 e. The topological polar surface area (TPSA) is 32.3 Å². The number of nitrogens with one attached hydrogen (secondary N) is 1. The van der Waals surface area contributed by atoms with Crippen LogP contribution in [0.3, 0.4) is 0 Å². The van der Waals surface area contributed by atoms with E-state index in [0.717, 1.165) is 17.2 Å². The molecule has 2 heterocycles. The van der Waals surface area contributed by atoms with E-state index < -0.39 is 17.8 Å². The maximum Gasteiger partial charge on any atom is 0.416 e. The summed E-state index contributed by atoms with van der Waals surface area (Å²) < 4.78 is 40.0. The molecule has 1 saturated heterocycles. The fraction of sp³-hybridized carbons (Fsp3) is 0.318. The molecule has 1 N–H and O–H groups in total. The summed E-state index contributed by atoms with van der Waals surface area (Å²) >= 11 is 6.24. The number of carbonyl (C=O) groups excluding carboxylic acids is 1. The van der Waals surface area contributed by atoms with Crippen molar-refractivity contribution in [2.75, 3.05) is 13.1 Å². The highest BCUT2D eigenvalue weighted by atomic mass is 35.5. The Balaban J connectivity index is 1.49. The Morgan fingerprint density at radius 1 is 1.07 bits per heavy atom. The number of carbonyl (C=O) groups is 1. The van der Waals surface area contributed by atoms with Crippen molar-refractivity contribution in [1.29, 1.82) is 0 Å². The zero-order valence-corrected chi connectivity index (χ0v) is 16.4. The number of rotatable bonds is 2. The molecule has 1 unspecified atom stereocenters. The third-order valence-electron chi connectivity index (χ3n) is 5.74. The lowest BCUT2D eigenvalue weighted by Crippen LogP contribution is -2.42. The summed E-state index contributed by atoms with van der Waals surface area (Å²) in [7, 11) is 0. The Hall–Kier alpha value is -2.47. The normalized spacial score (nSPS) is 19.8. The highest BCUT2D eigenvalue weighted by molar-refractivity contribution is 6.32. The molecule has 0 radical (unpaired) electrons. The van der Waals surface area contributed by atoms with Crippen LogP contribution in [0.4, 0.5) is 13.2 Å². The summed E-state index contributed by atoms with van der Waals surface area (Å²) in [6.45, 7) is 4.77. The minimum absolute atomic E-state index is 0.102. The largest absolute Gasteiger partial charge is 0.416 e. The fourth-order valence-corrected chi connectivity index (χ4v) is 4.62. The molecule has 1 atom stereocenters. The quantitative estimate of drug-likeness (QED) is 0.707. The number of likely N-dealkylation sites (tertiary alicyclic amines) is 1. The monoisotopic (exact) mass is 420 g/mol. The van der Waals surface area contributed by atoms with Gasteiger partial charge in [0.2, 0.25) is 5.91 Å². The van der Waals surface area contributed by atoms with Gasteiger partial charge in [-0.25, -0.2) is 0 Å². The Bertz CT molecular complexity index is 965. The number of fused-ring (bicyclic) bond motifs is 1. The summed E-state index contributed by atoms with van der Waals surface area (Å²) in [6.07, 6.45) is -3.38. The highest BCUT2D eigenvalue weighted by Crippen LogP contribution is 2.40. The van der Waals surface area contributed by atoms with Gasteiger partial charge < -0.3 is 10.2 Å². The number of halogens is 4. The van der Waals surface area contributed by atoms with Gasteiger partial charge in [0.05, 0.1) is 10.6 Å². The fourth-order valence-electron chi connectivity index (χ4n) is 4.32. The number of benzene rings is 2. The molecule has 3 nitrogen and oxygen atoms in total. The van der Waals surface area contributed by atoms with E-state index in [9.17, 15) is 18.0 Å². The molecule has 2 aromatic rings. The van der Waals surface area contributed by atoms with Crippen LogP contribution in [0.15, 0.2) is 49.0 Å². The summed E-state index contributed by atoms with van der Waals surface area (Å²) in [5.74, 6) is -0.320. The first-order valence-electron chi connectivity index (χ1n) is 9.46. The Kier molecular flexibility index (Phi) is 5.07. The second-order valence-electron chi connectivity index (χ2n) is 7.44. The highest BCUT2D eigenvalue weighted by Gasteiger charge is 2.38. The molecular formula is C22H20ClF3N2O. The van der Waals surface area contributed by atoms with Crippen molar-refractivity contribution in [2.45, 2.75) is 31.0 Å². The summed E-state index contributed by atoms with van der Waals surface area (Å²) in [5.41, 5.74) is 1.88. The number of hydrogen-bond donors (Lipinski definition) is 1. The molecule has 4 rings (SSSR count). The molecule has 29 heavy (non-hydrogen) atoms. The van der Waals surface area contributed by atoms with Gasteiger partial charge in [-0.1, -0.05) is 48.5 Å². The van der Waals surface area contributed by atoms with Crippen molar-refractivity contribution in [3.05, 3.63) is 76.3 Å². The van der Waals surface area contributed by atoms with Crippen LogP contribution in [0.5, 0.6) is 0 Å². The molecule has 7 heteroatoms. The Morgan fingerprint density at radius 3 is 2.41 bits per heavy atom. The Morgan fingerprint density at radius 2 is 1.72 bits per heavy atom. The number of nitrogens with zero attached hydrogens (tertiary/aromatic N) is 1. The van der Waals surface area contributed by atoms with Gasteiger partial charge in [-0.3, -0.25) is 4.79 Å². The first kappa shape index (κ1) is 19.8. The van der Waals surface area contributed by atoms with Crippen LogP contribution in [0.1, 0.15) is 47.1 Å². The smallest absolute Gasteiger partial charge is 0.370 e. The third kappa shape index (κ3) is 3.62. The molecule has 0 saturated carbocycles. The van der Waals surface area contributed by atoms with E-state index in [1.165, 1.54) is 6.07 Å². The second kappa shape index (κ2) is 7.41. The van der Waals surface area contributed by atoms with Crippen LogP contribution in [0, 0.1) is 0 Å². The van der Waals surface area contributed by atoms with E-state index in [0.29, 0.717) is 42.2 Å². The molecule has 0 aromatic heterocycles. The lowest BCUT2D eigenvalue weighted by atomic mass is 9.86. The maximum atomic E-state index is 13.3. The predicted molar refractivity (Wildman–Crippen MR) is 106 cm³/mol. The van der Waals surface area contributed by atoms with Crippen LogP contribution >= 0.6 is 11.6 Å². The van der Waals surface area contributed by atoms with Gasteiger partial charge in [0.25, 0.3) is 0 Å². The van der Waals surface area contributed by atoms with E-state index in [2.05, 4.69) is 11.9 Å². The average Bonchev–Trinajstić information content (AvgIpc) is 3.05. The van der Waals surface area contributed by atoms with Crippen molar-refractivity contribution in [3.63, 3.8) is 0 Å². The van der Waals surface area contributed by atoms with Crippen LogP contribution < -0.4 is 5.32 Å².